The number of benzene rings is 1. The Balaban J connectivity index is 3.37. The van der Waals surface area contributed by atoms with Crippen LogP contribution in [0, 0.1) is 5.82 Å². The predicted molar refractivity (Wildman–Crippen MR) is 77.8 cm³/mol. The van der Waals surface area contributed by atoms with Crippen molar-refractivity contribution in [1.29, 1.82) is 0 Å². The second-order valence-electron chi connectivity index (χ2n) is 4.20. The van der Waals surface area contributed by atoms with E-state index in [1.165, 1.54) is 6.07 Å². The van der Waals surface area contributed by atoms with E-state index in [0.717, 1.165) is 10.4 Å². The molecule has 1 aromatic rings. The number of hydrogen-bond donors (Lipinski definition) is 1. The summed E-state index contributed by atoms with van der Waals surface area (Å²) in [5, 5.41) is 0. The maximum atomic E-state index is 14.0. The van der Waals surface area contributed by atoms with E-state index in [2.05, 4.69) is 22.5 Å². The summed E-state index contributed by atoms with van der Waals surface area (Å²) in [6, 6.07) is 2.44. The van der Waals surface area contributed by atoms with Gasteiger partial charge in [0.15, 0.2) is 5.82 Å². The van der Waals surface area contributed by atoms with Crippen molar-refractivity contribution < 1.29 is 12.8 Å². The van der Waals surface area contributed by atoms with E-state index >= 15 is 0 Å². The standard InChI is InChI=1S/C12H16BrFN2O2S/c1-4-16(7-8(2)3)19(17,18)11-6-9(15)5-10(13)12(11)14/h5-6H,2,4,7,15H2,1,3H3. The number of sulfonamides is 1. The van der Waals surface area contributed by atoms with Gasteiger partial charge in [-0.1, -0.05) is 19.1 Å². The number of rotatable bonds is 5. The molecule has 0 fully saturated rings. The van der Waals surface area contributed by atoms with E-state index in [0.29, 0.717) is 5.57 Å². The molecule has 4 nitrogen and oxygen atoms in total. The molecule has 0 atom stereocenters. The lowest BCUT2D eigenvalue weighted by Crippen LogP contribution is -2.33. The van der Waals surface area contributed by atoms with Crippen molar-refractivity contribution >= 4 is 31.6 Å². The lowest BCUT2D eigenvalue weighted by Gasteiger charge is -2.21. The Morgan fingerprint density at radius 3 is 2.58 bits per heavy atom. The normalized spacial score (nSPS) is 11.8. The molecule has 0 amide bonds. The van der Waals surface area contributed by atoms with Crippen LogP contribution in [0.15, 0.2) is 33.7 Å². The Morgan fingerprint density at radius 1 is 1.53 bits per heavy atom. The van der Waals surface area contributed by atoms with Gasteiger partial charge in [-0.3, -0.25) is 0 Å². The van der Waals surface area contributed by atoms with Gasteiger partial charge in [0.1, 0.15) is 4.90 Å². The van der Waals surface area contributed by atoms with Crippen molar-refractivity contribution in [2.75, 3.05) is 18.8 Å². The molecule has 0 aliphatic heterocycles. The third-order valence-corrected chi connectivity index (χ3v) is 4.93. The van der Waals surface area contributed by atoms with Crippen LogP contribution in [0.3, 0.4) is 0 Å². The summed E-state index contributed by atoms with van der Waals surface area (Å²) in [5.74, 6) is -0.839. The zero-order valence-electron chi connectivity index (χ0n) is 10.8. The Bertz CT molecular complexity index is 602. The first-order valence-corrected chi connectivity index (χ1v) is 7.82. The topological polar surface area (TPSA) is 63.4 Å². The number of nitrogens with zero attached hydrogens (tertiary/aromatic N) is 1. The summed E-state index contributed by atoms with van der Waals surface area (Å²) in [7, 11) is -3.93. The zero-order chi connectivity index (χ0) is 14.8. The van der Waals surface area contributed by atoms with Crippen LogP contribution in [0.25, 0.3) is 0 Å². The van der Waals surface area contributed by atoms with Crippen molar-refractivity contribution in [2.24, 2.45) is 0 Å². The predicted octanol–water partition coefficient (Wildman–Crippen LogP) is 2.76. The molecule has 1 aromatic carbocycles. The smallest absolute Gasteiger partial charge is 0.246 e. The summed E-state index contributed by atoms with van der Waals surface area (Å²) in [6.45, 7) is 7.43. The SMILES string of the molecule is C=C(C)CN(CC)S(=O)(=O)c1cc(N)cc(Br)c1F. The fourth-order valence-corrected chi connectivity index (χ4v) is 3.82. The molecule has 2 N–H and O–H groups in total. The quantitative estimate of drug-likeness (QED) is 0.655. The first-order chi connectivity index (χ1) is 8.70. The van der Waals surface area contributed by atoms with Gasteiger partial charge in [-0.05, 0) is 35.0 Å². The monoisotopic (exact) mass is 350 g/mol. The van der Waals surface area contributed by atoms with Crippen LogP contribution < -0.4 is 5.73 Å². The number of nitrogens with two attached hydrogens (primary N) is 1. The van der Waals surface area contributed by atoms with Gasteiger partial charge in [-0.25, -0.2) is 12.8 Å². The third kappa shape index (κ3) is 3.55. The van der Waals surface area contributed by atoms with Crippen molar-refractivity contribution in [3.05, 3.63) is 34.6 Å². The molecular weight excluding hydrogens is 335 g/mol. The van der Waals surface area contributed by atoms with Gasteiger partial charge in [0, 0.05) is 18.8 Å². The minimum atomic E-state index is -3.93. The van der Waals surface area contributed by atoms with E-state index in [1.807, 2.05) is 0 Å². The average Bonchev–Trinajstić information content (AvgIpc) is 2.30. The van der Waals surface area contributed by atoms with E-state index in [1.54, 1.807) is 13.8 Å². The summed E-state index contributed by atoms with van der Waals surface area (Å²) in [6.07, 6.45) is 0. The van der Waals surface area contributed by atoms with Crippen LogP contribution in [-0.2, 0) is 10.0 Å². The first kappa shape index (κ1) is 16.1. The number of nitrogen functional groups attached to an aromatic ring is 1. The first-order valence-electron chi connectivity index (χ1n) is 5.59. The maximum Gasteiger partial charge on any atom is 0.246 e. The number of halogens is 2. The fraction of sp³-hybridized carbons (Fsp3) is 0.333. The Labute approximate surface area is 121 Å². The van der Waals surface area contributed by atoms with Crippen LogP contribution in [-0.4, -0.2) is 25.8 Å². The lowest BCUT2D eigenvalue weighted by atomic mass is 10.3. The molecule has 0 radical (unpaired) electrons. The molecule has 0 saturated heterocycles. The summed E-state index contributed by atoms with van der Waals surface area (Å²) in [4.78, 5) is -0.428. The molecule has 0 unspecified atom stereocenters. The summed E-state index contributed by atoms with van der Waals surface area (Å²) < 4.78 is 39.9. The minimum Gasteiger partial charge on any atom is -0.399 e. The van der Waals surface area contributed by atoms with Crippen molar-refractivity contribution in [1.82, 2.24) is 4.31 Å². The molecule has 0 aliphatic carbocycles. The second kappa shape index (κ2) is 6.02. The summed E-state index contributed by atoms with van der Waals surface area (Å²) >= 11 is 2.96. The maximum absolute atomic E-state index is 14.0. The fourth-order valence-electron chi connectivity index (χ4n) is 1.58. The molecule has 0 aromatic heterocycles. The van der Waals surface area contributed by atoms with E-state index in [4.69, 9.17) is 5.73 Å². The van der Waals surface area contributed by atoms with Crippen molar-refractivity contribution in [3.8, 4) is 0 Å². The highest BCUT2D eigenvalue weighted by Crippen LogP contribution is 2.28. The van der Waals surface area contributed by atoms with Gasteiger partial charge in [-0.2, -0.15) is 4.31 Å². The molecule has 0 heterocycles. The van der Waals surface area contributed by atoms with Gasteiger partial charge in [0.2, 0.25) is 10.0 Å². The molecule has 0 bridgehead atoms. The molecule has 7 heteroatoms. The Kier molecular flexibility index (Phi) is 5.11. The average molecular weight is 351 g/mol. The van der Waals surface area contributed by atoms with Crippen LogP contribution in [0.1, 0.15) is 13.8 Å². The molecule has 0 saturated carbocycles. The van der Waals surface area contributed by atoms with Crippen LogP contribution in [0.5, 0.6) is 0 Å². The number of anilines is 1. The van der Waals surface area contributed by atoms with Crippen LogP contribution in [0.4, 0.5) is 10.1 Å². The summed E-state index contributed by atoms with van der Waals surface area (Å²) in [5.41, 5.74) is 6.42. The second-order valence-corrected chi connectivity index (χ2v) is 6.96. The molecule has 0 spiro atoms. The number of hydrogen-bond acceptors (Lipinski definition) is 3. The van der Waals surface area contributed by atoms with Crippen LogP contribution in [0.2, 0.25) is 0 Å². The molecule has 19 heavy (non-hydrogen) atoms. The van der Waals surface area contributed by atoms with Gasteiger partial charge >= 0.3 is 0 Å². The van der Waals surface area contributed by atoms with Gasteiger partial charge in [-0.15, -0.1) is 0 Å². The highest BCUT2D eigenvalue weighted by molar-refractivity contribution is 9.10. The Hall–Kier alpha value is -0.920. The van der Waals surface area contributed by atoms with Crippen molar-refractivity contribution in [2.45, 2.75) is 18.7 Å². The largest absolute Gasteiger partial charge is 0.399 e. The molecule has 0 aliphatic rings. The van der Waals surface area contributed by atoms with Gasteiger partial charge < -0.3 is 5.73 Å². The lowest BCUT2D eigenvalue weighted by molar-refractivity contribution is 0.447. The van der Waals surface area contributed by atoms with Gasteiger partial charge in [0.25, 0.3) is 0 Å². The van der Waals surface area contributed by atoms with Crippen LogP contribution >= 0.6 is 15.9 Å². The highest BCUT2D eigenvalue weighted by atomic mass is 79.9. The van der Waals surface area contributed by atoms with Gasteiger partial charge in [0.05, 0.1) is 4.47 Å². The molecule has 106 valence electrons. The van der Waals surface area contributed by atoms with E-state index in [-0.39, 0.29) is 23.2 Å². The zero-order valence-corrected chi connectivity index (χ0v) is 13.2. The van der Waals surface area contributed by atoms with E-state index < -0.39 is 20.7 Å². The van der Waals surface area contributed by atoms with E-state index in [9.17, 15) is 12.8 Å². The Morgan fingerprint density at radius 2 is 2.11 bits per heavy atom. The third-order valence-electron chi connectivity index (χ3n) is 2.43. The molecule has 1 rings (SSSR count). The van der Waals surface area contributed by atoms with Crippen molar-refractivity contribution in [3.63, 3.8) is 0 Å². The highest BCUT2D eigenvalue weighted by Gasteiger charge is 2.27. The molecular formula is C12H16BrFN2O2S. The minimum absolute atomic E-state index is 0.0254. The number of likely N-dealkylation sites (N-methyl/N-ethyl adjacent to an activating group) is 1.